The standard InChI is InChI=1S/C15H24N2/c1-13(14-7-5-4-6-8-14)11-17-10-9-16-15(2,3)12-17/h4-8,13,16H,9-12H2,1-3H3. The van der Waals surface area contributed by atoms with Crippen LogP contribution in [0.5, 0.6) is 0 Å². The Hall–Kier alpha value is -0.860. The molecule has 1 atom stereocenters. The van der Waals surface area contributed by atoms with Gasteiger partial charge in [-0.1, -0.05) is 37.3 Å². The molecule has 1 saturated heterocycles. The summed E-state index contributed by atoms with van der Waals surface area (Å²) in [6.07, 6.45) is 0. The van der Waals surface area contributed by atoms with Gasteiger partial charge in [-0.05, 0) is 25.3 Å². The average molecular weight is 232 g/mol. The van der Waals surface area contributed by atoms with Gasteiger partial charge in [0.25, 0.3) is 0 Å². The fourth-order valence-corrected chi connectivity index (χ4v) is 2.68. The highest BCUT2D eigenvalue weighted by molar-refractivity contribution is 5.19. The van der Waals surface area contributed by atoms with Gasteiger partial charge in [0.05, 0.1) is 0 Å². The quantitative estimate of drug-likeness (QED) is 0.861. The number of hydrogen-bond donors (Lipinski definition) is 1. The topological polar surface area (TPSA) is 15.3 Å². The summed E-state index contributed by atoms with van der Waals surface area (Å²) in [5, 5.41) is 3.56. The van der Waals surface area contributed by atoms with E-state index in [2.05, 4.69) is 61.3 Å². The van der Waals surface area contributed by atoms with Crippen LogP contribution in [0.1, 0.15) is 32.3 Å². The summed E-state index contributed by atoms with van der Waals surface area (Å²) in [5.74, 6) is 0.616. The Morgan fingerprint density at radius 3 is 2.65 bits per heavy atom. The van der Waals surface area contributed by atoms with Crippen molar-refractivity contribution in [3.63, 3.8) is 0 Å². The first-order valence-electron chi connectivity index (χ1n) is 6.59. The van der Waals surface area contributed by atoms with Crippen LogP contribution in [0.2, 0.25) is 0 Å². The fraction of sp³-hybridized carbons (Fsp3) is 0.600. The van der Waals surface area contributed by atoms with Crippen molar-refractivity contribution in [2.75, 3.05) is 26.2 Å². The zero-order valence-electron chi connectivity index (χ0n) is 11.2. The third kappa shape index (κ3) is 3.55. The van der Waals surface area contributed by atoms with Crippen molar-refractivity contribution < 1.29 is 0 Å². The third-order valence-corrected chi connectivity index (χ3v) is 3.55. The molecular weight excluding hydrogens is 208 g/mol. The van der Waals surface area contributed by atoms with E-state index in [4.69, 9.17) is 0 Å². The van der Waals surface area contributed by atoms with Crippen LogP contribution in [0, 0.1) is 0 Å². The first kappa shape index (κ1) is 12.6. The Labute approximate surface area is 105 Å². The Morgan fingerprint density at radius 1 is 1.29 bits per heavy atom. The maximum atomic E-state index is 3.56. The van der Waals surface area contributed by atoms with E-state index >= 15 is 0 Å². The lowest BCUT2D eigenvalue weighted by atomic mass is 9.97. The first-order valence-corrected chi connectivity index (χ1v) is 6.59. The predicted molar refractivity (Wildman–Crippen MR) is 73.4 cm³/mol. The molecule has 0 amide bonds. The molecule has 0 saturated carbocycles. The van der Waals surface area contributed by atoms with Crippen LogP contribution in [-0.2, 0) is 0 Å². The zero-order valence-corrected chi connectivity index (χ0v) is 11.2. The van der Waals surface area contributed by atoms with Crippen LogP contribution in [0.15, 0.2) is 30.3 Å². The van der Waals surface area contributed by atoms with Crippen LogP contribution in [0.3, 0.4) is 0 Å². The summed E-state index contributed by atoms with van der Waals surface area (Å²) < 4.78 is 0. The van der Waals surface area contributed by atoms with Crippen molar-refractivity contribution in [3.8, 4) is 0 Å². The maximum absolute atomic E-state index is 3.56. The van der Waals surface area contributed by atoms with Crippen molar-refractivity contribution in [1.82, 2.24) is 10.2 Å². The smallest absolute Gasteiger partial charge is 0.0252 e. The van der Waals surface area contributed by atoms with Crippen molar-refractivity contribution >= 4 is 0 Å². The molecule has 1 aliphatic heterocycles. The molecule has 0 bridgehead atoms. The number of hydrogen-bond acceptors (Lipinski definition) is 2. The van der Waals surface area contributed by atoms with Gasteiger partial charge in [-0.15, -0.1) is 0 Å². The highest BCUT2D eigenvalue weighted by Gasteiger charge is 2.26. The molecule has 2 heteroatoms. The number of nitrogens with zero attached hydrogens (tertiary/aromatic N) is 1. The summed E-state index contributed by atoms with van der Waals surface area (Å²) in [6.45, 7) is 11.5. The molecule has 1 N–H and O–H groups in total. The van der Waals surface area contributed by atoms with E-state index in [9.17, 15) is 0 Å². The van der Waals surface area contributed by atoms with E-state index < -0.39 is 0 Å². The molecule has 1 fully saturated rings. The molecule has 0 spiro atoms. The lowest BCUT2D eigenvalue weighted by molar-refractivity contribution is 0.149. The molecule has 2 rings (SSSR count). The highest BCUT2D eigenvalue weighted by Crippen LogP contribution is 2.18. The zero-order chi connectivity index (χ0) is 12.3. The van der Waals surface area contributed by atoms with Gasteiger partial charge in [-0.2, -0.15) is 0 Å². The molecular formula is C15H24N2. The van der Waals surface area contributed by atoms with Crippen molar-refractivity contribution in [2.45, 2.75) is 32.2 Å². The normalized spacial score (nSPS) is 22.3. The predicted octanol–water partition coefficient (Wildman–Crippen LogP) is 2.47. The van der Waals surface area contributed by atoms with Crippen LogP contribution < -0.4 is 5.32 Å². The number of rotatable bonds is 3. The lowest BCUT2D eigenvalue weighted by Gasteiger charge is -2.40. The van der Waals surface area contributed by atoms with Crippen LogP contribution >= 0.6 is 0 Å². The average Bonchev–Trinajstić information content (AvgIpc) is 2.29. The summed E-state index contributed by atoms with van der Waals surface area (Å²) in [5.41, 5.74) is 1.71. The molecule has 0 aromatic heterocycles. The molecule has 1 aromatic carbocycles. The first-order chi connectivity index (χ1) is 8.07. The molecule has 17 heavy (non-hydrogen) atoms. The number of piperazine rings is 1. The van der Waals surface area contributed by atoms with Gasteiger partial charge >= 0.3 is 0 Å². The van der Waals surface area contributed by atoms with E-state index in [0.29, 0.717) is 5.92 Å². The van der Waals surface area contributed by atoms with Gasteiger partial charge in [-0.25, -0.2) is 0 Å². The minimum Gasteiger partial charge on any atom is -0.309 e. The fourth-order valence-electron chi connectivity index (χ4n) is 2.68. The van der Waals surface area contributed by atoms with Crippen molar-refractivity contribution in [3.05, 3.63) is 35.9 Å². The molecule has 2 nitrogen and oxygen atoms in total. The Kier molecular flexibility index (Phi) is 3.85. The second kappa shape index (κ2) is 5.19. The van der Waals surface area contributed by atoms with Gasteiger partial charge in [-0.3, -0.25) is 4.90 Å². The van der Waals surface area contributed by atoms with E-state index in [-0.39, 0.29) is 5.54 Å². The molecule has 0 aliphatic carbocycles. The molecule has 1 heterocycles. The number of benzene rings is 1. The van der Waals surface area contributed by atoms with Gasteiger partial charge < -0.3 is 5.32 Å². The highest BCUT2D eigenvalue weighted by atomic mass is 15.2. The monoisotopic (exact) mass is 232 g/mol. The molecule has 0 radical (unpaired) electrons. The van der Waals surface area contributed by atoms with Gasteiger partial charge in [0, 0.05) is 31.7 Å². The second-order valence-corrected chi connectivity index (χ2v) is 5.86. The van der Waals surface area contributed by atoms with Crippen molar-refractivity contribution in [1.29, 1.82) is 0 Å². The minimum atomic E-state index is 0.259. The summed E-state index contributed by atoms with van der Waals surface area (Å²) in [6, 6.07) is 10.8. The summed E-state index contributed by atoms with van der Waals surface area (Å²) in [4.78, 5) is 2.58. The summed E-state index contributed by atoms with van der Waals surface area (Å²) in [7, 11) is 0. The Bertz CT molecular complexity index is 345. The molecule has 94 valence electrons. The van der Waals surface area contributed by atoms with Crippen LogP contribution in [0.25, 0.3) is 0 Å². The largest absolute Gasteiger partial charge is 0.309 e. The SMILES string of the molecule is CC(CN1CCNC(C)(C)C1)c1ccccc1. The Balaban J connectivity index is 1.93. The third-order valence-electron chi connectivity index (χ3n) is 3.55. The van der Waals surface area contributed by atoms with E-state index in [1.165, 1.54) is 12.1 Å². The second-order valence-electron chi connectivity index (χ2n) is 5.86. The molecule has 1 aliphatic rings. The minimum absolute atomic E-state index is 0.259. The van der Waals surface area contributed by atoms with Crippen molar-refractivity contribution in [2.24, 2.45) is 0 Å². The Morgan fingerprint density at radius 2 is 2.00 bits per heavy atom. The maximum Gasteiger partial charge on any atom is 0.0252 e. The van der Waals surface area contributed by atoms with Crippen LogP contribution in [0.4, 0.5) is 0 Å². The van der Waals surface area contributed by atoms with Gasteiger partial charge in [0.1, 0.15) is 0 Å². The van der Waals surface area contributed by atoms with Gasteiger partial charge in [0.15, 0.2) is 0 Å². The number of nitrogens with one attached hydrogen (secondary N) is 1. The van der Waals surface area contributed by atoms with Gasteiger partial charge in [0.2, 0.25) is 0 Å². The van der Waals surface area contributed by atoms with Crippen LogP contribution in [-0.4, -0.2) is 36.6 Å². The molecule has 1 aromatic rings. The summed E-state index contributed by atoms with van der Waals surface area (Å²) >= 11 is 0. The van der Waals surface area contributed by atoms with E-state index in [1.807, 2.05) is 0 Å². The lowest BCUT2D eigenvalue weighted by Crippen LogP contribution is -2.57. The van der Waals surface area contributed by atoms with E-state index in [0.717, 1.165) is 19.6 Å². The molecule has 1 unspecified atom stereocenters. The van der Waals surface area contributed by atoms with E-state index in [1.54, 1.807) is 0 Å².